The Hall–Kier alpha value is -3.60. The molecule has 1 aliphatic carbocycles. The molecule has 0 radical (unpaired) electrons. The van der Waals surface area contributed by atoms with Crippen LogP contribution in [0.25, 0.3) is 21.7 Å². The highest BCUT2D eigenvalue weighted by Gasteiger charge is 2.22. The van der Waals surface area contributed by atoms with E-state index in [1.54, 1.807) is 0 Å². The number of fused-ring (bicyclic) bond motifs is 2. The topological polar surface area (TPSA) is 91.8 Å². The van der Waals surface area contributed by atoms with E-state index in [4.69, 9.17) is 23.8 Å². The lowest BCUT2D eigenvalue weighted by Crippen LogP contribution is -2.37. The van der Waals surface area contributed by atoms with Gasteiger partial charge in [0.25, 0.3) is 0 Å². The number of hydrogen-bond acceptors (Lipinski definition) is 10. The third-order valence-corrected chi connectivity index (χ3v) is 8.30. The molecule has 1 aromatic heterocycles. The molecule has 0 unspecified atom stereocenters. The Morgan fingerprint density at radius 1 is 0.860 bits per heavy atom. The van der Waals surface area contributed by atoms with Gasteiger partial charge in [0.1, 0.15) is 5.82 Å². The van der Waals surface area contributed by atoms with E-state index in [9.17, 15) is 0 Å². The van der Waals surface area contributed by atoms with Crippen LogP contribution in [0.1, 0.15) is 33.1 Å². The number of benzene rings is 3. The SMILES string of the molecule is C.CN(C)c1cccc2c(ONCC3CCC(CNc4nc(N5CCOCC5)c5ccccc5n4)CC3)cccc12.O=S. The Morgan fingerprint density at radius 2 is 1.51 bits per heavy atom. The Kier molecular flexibility index (Phi) is 11.8. The van der Waals surface area contributed by atoms with Crippen LogP contribution in [-0.2, 0) is 17.3 Å². The lowest BCUT2D eigenvalue weighted by molar-refractivity contribution is 0.122. The van der Waals surface area contributed by atoms with Crippen LogP contribution >= 0.6 is 0 Å². The third-order valence-electron chi connectivity index (χ3n) is 8.30. The van der Waals surface area contributed by atoms with E-state index in [0.29, 0.717) is 11.8 Å². The standard InChI is InChI=1S/C32H40N6O2.CH4.OS/c1-37(2)29-11-5-9-26-25(29)8-6-12-30(26)40-34-22-24-15-13-23(14-16-24)21-33-32-35-28-10-4-3-7-27(28)31(36-32)38-17-19-39-20-18-38;;1-2/h3-12,23-24,34H,13-22H2,1-2H3,(H,33,35,36);1H4;. The number of morpholine rings is 1. The van der Waals surface area contributed by atoms with Crippen LogP contribution in [0.2, 0.25) is 0 Å². The van der Waals surface area contributed by atoms with Crippen molar-refractivity contribution in [1.82, 2.24) is 15.4 Å². The van der Waals surface area contributed by atoms with Crippen LogP contribution in [0.4, 0.5) is 17.5 Å². The molecule has 0 bridgehead atoms. The summed E-state index contributed by atoms with van der Waals surface area (Å²) in [6.07, 6.45) is 4.79. The first-order valence-electron chi connectivity index (χ1n) is 14.7. The number of para-hydroxylation sites is 1. The highest BCUT2D eigenvalue weighted by molar-refractivity contribution is 7.44. The van der Waals surface area contributed by atoms with Crippen molar-refractivity contribution in [2.24, 2.45) is 11.8 Å². The minimum atomic E-state index is 0. The van der Waals surface area contributed by atoms with Gasteiger partial charge in [-0.05, 0) is 61.8 Å². The van der Waals surface area contributed by atoms with Crippen molar-refractivity contribution >= 4 is 51.7 Å². The smallest absolute Gasteiger partial charge is 0.225 e. The number of hydrogen-bond donors (Lipinski definition) is 2. The van der Waals surface area contributed by atoms with Crippen LogP contribution in [0.5, 0.6) is 5.75 Å². The van der Waals surface area contributed by atoms with Crippen LogP contribution in [0.3, 0.4) is 0 Å². The minimum Gasteiger partial charge on any atom is -0.408 e. The highest BCUT2D eigenvalue weighted by Crippen LogP contribution is 2.33. The molecule has 1 saturated carbocycles. The summed E-state index contributed by atoms with van der Waals surface area (Å²) in [5, 5.41) is 7.00. The summed E-state index contributed by atoms with van der Waals surface area (Å²) in [6, 6.07) is 20.9. The molecule has 43 heavy (non-hydrogen) atoms. The fourth-order valence-electron chi connectivity index (χ4n) is 6.01. The molecule has 6 rings (SSSR count). The Balaban J connectivity index is 0.00000138. The second kappa shape index (κ2) is 15.7. The highest BCUT2D eigenvalue weighted by atomic mass is 32.1. The van der Waals surface area contributed by atoms with Crippen LogP contribution in [0.15, 0.2) is 60.7 Å². The summed E-state index contributed by atoms with van der Waals surface area (Å²) in [5.41, 5.74) is 5.46. The largest absolute Gasteiger partial charge is 0.408 e. The zero-order valence-electron chi connectivity index (χ0n) is 24.4. The molecule has 2 N–H and O–H groups in total. The van der Waals surface area contributed by atoms with E-state index >= 15 is 0 Å². The fourth-order valence-corrected chi connectivity index (χ4v) is 6.01. The molecule has 1 saturated heterocycles. The van der Waals surface area contributed by atoms with E-state index in [1.807, 2.05) is 12.1 Å². The van der Waals surface area contributed by atoms with Crippen molar-refractivity contribution < 1.29 is 13.8 Å². The molecule has 3 aromatic carbocycles. The molecule has 2 fully saturated rings. The van der Waals surface area contributed by atoms with Gasteiger partial charge in [-0.2, -0.15) is 14.7 Å². The summed E-state index contributed by atoms with van der Waals surface area (Å²) in [5.74, 6) is 3.86. The van der Waals surface area contributed by atoms with Gasteiger partial charge in [-0.1, -0.05) is 43.8 Å². The molecule has 10 heteroatoms. The van der Waals surface area contributed by atoms with Crippen molar-refractivity contribution in [3.63, 3.8) is 0 Å². The van der Waals surface area contributed by atoms with Crippen molar-refractivity contribution in [3.8, 4) is 5.75 Å². The third kappa shape index (κ3) is 7.87. The van der Waals surface area contributed by atoms with Gasteiger partial charge in [0, 0.05) is 62.1 Å². The predicted octanol–water partition coefficient (Wildman–Crippen LogP) is 5.79. The predicted molar refractivity (Wildman–Crippen MR) is 178 cm³/mol. The van der Waals surface area contributed by atoms with Gasteiger partial charge < -0.3 is 24.7 Å². The molecule has 0 atom stereocenters. The minimum absolute atomic E-state index is 0. The molecule has 0 spiro atoms. The van der Waals surface area contributed by atoms with Gasteiger partial charge in [0.05, 0.1) is 18.7 Å². The summed E-state index contributed by atoms with van der Waals surface area (Å²) < 4.78 is 13.4. The number of anilines is 3. The molecule has 1 aliphatic heterocycles. The maximum absolute atomic E-state index is 7.83. The maximum atomic E-state index is 7.83. The monoisotopic (exact) mass is 604 g/mol. The van der Waals surface area contributed by atoms with E-state index < -0.39 is 0 Å². The number of nitrogens with one attached hydrogen (secondary N) is 2. The van der Waals surface area contributed by atoms with Gasteiger partial charge in [-0.15, -0.1) is 0 Å². The normalized spacial score (nSPS) is 18.3. The Morgan fingerprint density at radius 3 is 2.26 bits per heavy atom. The Bertz CT molecular complexity index is 1460. The van der Waals surface area contributed by atoms with Crippen molar-refractivity contribution in [2.45, 2.75) is 33.1 Å². The fraction of sp³-hybridized carbons (Fsp3) is 0.455. The maximum Gasteiger partial charge on any atom is 0.225 e. The van der Waals surface area contributed by atoms with Crippen molar-refractivity contribution in [2.75, 3.05) is 68.6 Å². The first kappa shape index (κ1) is 32.3. The summed E-state index contributed by atoms with van der Waals surface area (Å²) in [6.45, 7) is 4.97. The van der Waals surface area contributed by atoms with Crippen LogP contribution in [0, 0.1) is 11.8 Å². The molecule has 4 aromatic rings. The molecule has 9 nitrogen and oxygen atoms in total. The second-order valence-corrected chi connectivity index (χ2v) is 11.2. The number of aromatic nitrogens is 2. The molecular formula is C33H44N6O3S. The summed E-state index contributed by atoms with van der Waals surface area (Å²) >= 11 is 2.83. The second-order valence-electron chi connectivity index (χ2n) is 11.2. The van der Waals surface area contributed by atoms with E-state index in [-0.39, 0.29) is 7.43 Å². The van der Waals surface area contributed by atoms with Gasteiger partial charge in [-0.25, -0.2) is 4.98 Å². The number of hydroxylamine groups is 1. The summed E-state index contributed by atoms with van der Waals surface area (Å²) in [4.78, 5) is 20.3. The molecule has 2 aliphatic rings. The molecular weight excluding hydrogens is 560 g/mol. The number of rotatable bonds is 9. The Labute approximate surface area is 260 Å². The first-order valence-corrected chi connectivity index (χ1v) is 15.1. The average molecular weight is 605 g/mol. The molecule has 0 amide bonds. The zero-order chi connectivity index (χ0) is 29.3. The first-order chi connectivity index (χ1) is 20.7. The van der Waals surface area contributed by atoms with Crippen molar-refractivity contribution in [3.05, 3.63) is 60.7 Å². The molecule has 230 valence electrons. The lowest BCUT2D eigenvalue weighted by atomic mass is 9.82. The lowest BCUT2D eigenvalue weighted by Gasteiger charge is -2.30. The van der Waals surface area contributed by atoms with Crippen LogP contribution in [-0.4, -0.2) is 67.7 Å². The van der Waals surface area contributed by atoms with Gasteiger partial charge in [0.2, 0.25) is 5.95 Å². The quantitative estimate of drug-likeness (QED) is 0.229. The van der Waals surface area contributed by atoms with Gasteiger partial charge in [-0.3, -0.25) is 0 Å². The van der Waals surface area contributed by atoms with Gasteiger partial charge in [0.15, 0.2) is 18.3 Å². The van der Waals surface area contributed by atoms with Crippen LogP contribution < -0.4 is 25.4 Å². The van der Waals surface area contributed by atoms with Gasteiger partial charge >= 0.3 is 0 Å². The molecule has 2 heterocycles. The zero-order valence-corrected chi connectivity index (χ0v) is 25.2. The number of nitrogens with zero attached hydrogens (tertiary/aromatic N) is 4. The van der Waals surface area contributed by atoms with Crippen molar-refractivity contribution in [1.29, 1.82) is 0 Å². The van der Waals surface area contributed by atoms with E-state index in [1.165, 1.54) is 36.8 Å². The van der Waals surface area contributed by atoms with E-state index in [2.05, 4.69) is 95.8 Å². The average Bonchev–Trinajstić information content (AvgIpc) is 3.05. The summed E-state index contributed by atoms with van der Waals surface area (Å²) in [7, 11) is 4.15. The number of ether oxygens (including phenoxy) is 1. The van der Waals surface area contributed by atoms with E-state index in [0.717, 1.165) is 73.2 Å².